The van der Waals surface area contributed by atoms with Crippen molar-refractivity contribution in [1.82, 2.24) is 5.32 Å². The average molecular weight is 251 g/mol. The van der Waals surface area contributed by atoms with Crippen LogP contribution in [-0.2, 0) is 0 Å². The number of unbranched alkanes of at least 4 members (excludes halogenated alkanes) is 3. The van der Waals surface area contributed by atoms with E-state index in [4.69, 9.17) is 0 Å². The molecule has 0 aliphatic carbocycles. The van der Waals surface area contributed by atoms with Crippen LogP contribution in [0.15, 0.2) is 29.2 Å². The van der Waals surface area contributed by atoms with Crippen molar-refractivity contribution in [3.63, 3.8) is 0 Å². The number of hydrogen-bond acceptors (Lipinski definition) is 2. The van der Waals surface area contributed by atoms with Crippen LogP contribution in [-0.4, -0.2) is 12.8 Å². The maximum atomic E-state index is 3.28. The molecule has 0 amide bonds. The van der Waals surface area contributed by atoms with Crippen LogP contribution in [0, 0.1) is 0 Å². The Morgan fingerprint density at radius 1 is 1.24 bits per heavy atom. The van der Waals surface area contributed by atoms with E-state index in [9.17, 15) is 0 Å². The van der Waals surface area contributed by atoms with Gasteiger partial charge < -0.3 is 5.32 Å². The second-order valence-corrected chi connectivity index (χ2v) is 5.66. The molecule has 17 heavy (non-hydrogen) atoms. The predicted octanol–water partition coefficient (Wildman–Crippen LogP) is 4.64. The standard InChI is InChI=1S/C15H25NS/c1-4-5-6-7-11-17-15-10-8-9-14(12-15)13(2)16-3/h8-10,12-13,16H,4-7,11H2,1-3H3. The number of rotatable bonds is 8. The monoisotopic (exact) mass is 251 g/mol. The Bertz CT molecular complexity index is 312. The van der Waals surface area contributed by atoms with E-state index in [0.717, 1.165) is 0 Å². The summed E-state index contributed by atoms with van der Waals surface area (Å²) in [4.78, 5) is 1.40. The molecule has 1 atom stereocenters. The lowest BCUT2D eigenvalue weighted by Gasteiger charge is -2.11. The van der Waals surface area contributed by atoms with Gasteiger partial charge in [-0.05, 0) is 43.8 Å². The molecule has 1 aromatic rings. The number of thioether (sulfide) groups is 1. The third-order valence-corrected chi connectivity index (χ3v) is 4.14. The third-order valence-electron chi connectivity index (χ3n) is 3.06. The zero-order chi connectivity index (χ0) is 12.5. The molecule has 1 unspecified atom stereocenters. The van der Waals surface area contributed by atoms with Gasteiger partial charge >= 0.3 is 0 Å². The Morgan fingerprint density at radius 3 is 2.76 bits per heavy atom. The summed E-state index contributed by atoms with van der Waals surface area (Å²) in [6.45, 7) is 4.46. The minimum atomic E-state index is 0.440. The second kappa shape index (κ2) is 8.60. The van der Waals surface area contributed by atoms with E-state index in [0.29, 0.717) is 6.04 Å². The molecular formula is C15H25NS. The zero-order valence-electron chi connectivity index (χ0n) is 11.3. The molecule has 0 saturated carbocycles. The van der Waals surface area contributed by atoms with E-state index in [-0.39, 0.29) is 0 Å². The summed E-state index contributed by atoms with van der Waals surface area (Å²) in [5.41, 5.74) is 1.38. The van der Waals surface area contributed by atoms with E-state index in [1.165, 1.54) is 41.9 Å². The number of hydrogen-bond donors (Lipinski definition) is 1. The lowest BCUT2D eigenvalue weighted by molar-refractivity contribution is 0.651. The summed E-state index contributed by atoms with van der Waals surface area (Å²) >= 11 is 1.99. The van der Waals surface area contributed by atoms with Crippen LogP contribution in [0.3, 0.4) is 0 Å². The van der Waals surface area contributed by atoms with Crippen molar-refractivity contribution < 1.29 is 0 Å². The average Bonchev–Trinajstić information content (AvgIpc) is 2.38. The molecule has 96 valence electrons. The van der Waals surface area contributed by atoms with Gasteiger partial charge in [0.05, 0.1) is 0 Å². The topological polar surface area (TPSA) is 12.0 Å². The van der Waals surface area contributed by atoms with Gasteiger partial charge in [-0.15, -0.1) is 11.8 Å². The van der Waals surface area contributed by atoms with E-state index < -0.39 is 0 Å². The first-order chi connectivity index (χ1) is 8.27. The Kier molecular flexibility index (Phi) is 7.38. The third kappa shape index (κ3) is 5.60. The van der Waals surface area contributed by atoms with Gasteiger partial charge in [0, 0.05) is 10.9 Å². The Morgan fingerprint density at radius 2 is 2.06 bits per heavy atom. The minimum absolute atomic E-state index is 0.440. The molecule has 1 aromatic carbocycles. The molecule has 0 aliphatic rings. The van der Waals surface area contributed by atoms with Gasteiger partial charge in [0.15, 0.2) is 0 Å². The van der Waals surface area contributed by atoms with Crippen LogP contribution in [0.1, 0.15) is 51.1 Å². The van der Waals surface area contributed by atoms with E-state index in [1.54, 1.807) is 0 Å². The van der Waals surface area contributed by atoms with E-state index in [1.807, 2.05) is 18.8 Å². The SMILES string of the molecule is CCCCCCSc1cccc(C(C)NC)c1. The zero-order valence-corrected chi connectivity index (χ0v) is 12.1. The predicted molar refractivity (Wildman–Crippen MR) is 78.8 cm³/mol. The lowest BCUT2D eigenvalue weighted by Crippen LogP contribution is -2.11. The van der Waals surface area contributed by atoms with Crippen LogP contribution in [0.25, 0.3) is 0 Å². The summed E-state index contributed by atoms with van der Waals surface area (Å²) < 4.78 is 0. The van der Waals surface area contributed by atoms with Crippen molar-refractivity contribution in [3.05, 3.63) is 29.8 Å². The van der Waals surface area contributed by atoms with Gasteiger partial charge in [0.25, 0.3) is 0 Å². The van der Waals surface area contributed by atoms with Crippen LogP contribution in [0.5, 0.6) is 0 Å². The summed E-state index contributed by atoms with van der Waals surface area (Å²) in [5.74, 6) is 1.25. The first-order valence-corrected chi connectivity index (χ1v) is 7.66. The maximum Gasteiger partial charge on any atom is 0.0289 e. The molecule has 0 saturated heterocycles. The van der Waals surface area contributed by atoms with Gasteiger partial charge in [0.1, 0.15) is 0 Å². The number of benzene rings is 1. The summed E-state index contributed by atoms with van der Waals surface area (Å²) in [7, 11) is 2.01. The summed E-state index contributed by atoms with van der Waals surface area (Å²) in [5, 5.41) is 3.28. The van der Waals surface area contributed by atoms with Crippen molar-refractivity contribution in [1.29, 1.82) is 0 Å². The Balaban J connectivity index is 2.38. The Labute approximate surface area is 110 Å². The first kappa shape index (κ1) is 14.6. The molecule has 0 fully saturated rings. The smallest absolute Gasteiger partial charge is 0.0289 e. The molecule has 0 aromatic heterocycles. The fourth-order valence-electron chi connectivity index (χ4n) is 1.76. The fraction of sp³-hybridized carbons (Fsp3) is 0.600. The second-order valence-electron chi connectivity index (χ2n) is 4.49. The Hall–Kier alpha value is -0.470. The molecule has 1 nitrogen and oxygen atoms in total. The van der Waals surface area contributed by atoms with Gasteiger partial charge in [-0.2, -0.15) is 0 Å². The molecule has 2 heteroatoms. The van der Waals surface area contributed by atoms with E-state index >= 15 is 0 Å². The molecule has 0 aliphatic heterocycles. The highest BCUT2D eigenvalue weighted by atomic mass is 32.2. The van der Waals surface area contributed by atoms with Crippen LogP contribution < -0.4 is 5.32 Å². The molecular weight excluding hydrogens is 226 g/mol. The fourth-order valence-corrected chi connectivity index (χ4v) is 2.74. The van der Waals surface area contributed by atoms with E-state index in [2.05, 4.69) is 43.4 Å². The minimum Gasteiger partial charge on any atom is -0.313 e. The van der Waals surface area contributed by atoms with Crippen molar-refractivity contribution >= 4 is 11.8 Å². The van der Waals surface area contributed by atoms with Crippen molar-refractivity contribution in [2.24, 2.45) is 0 Å². The summed E-state index contributed by atoms with van der Waals surface area (Å²) in [6, 6.07) is 9.33. The molecule has 0 spiro atoms. The first-order valence-electron chi connectivity index (χ1n) is 6.68. The van der Waals surface area contributed by atoms with Crippen molar-refractivity contribution in [2.75, 3.05) is 12.8 Å². The van der Waals surface area contributed by atoms with Crippen molar-refractivity contribution in [2.45, 2.75) is 50.5 Å². The molecule has 0 bridgehead atoms. The highest BCUT2D eigenvalue weighted by molar-refractivity contribution is 7.99. The van der Waals surface area contributed by atoms with Crippen LogP contribution in [0.4, 0.5) is 0 Å². The molecule has 0 radical (unpaired) electrons. The quantitative estimate of drug-likeness (QED) is 0.533. The normalized spacial score (nSPS) is 12.6. The molecule has 0 heterocycles. The highest BCUT2D eigenvalue weighted by Crippen LogP contribution is 2.23. The van der Waals surface area contributed by atoms with Gasteiger partial charge in [-0.1, -0.05) is 38.3 Å². The number of nitrogens with one attached hydrogen (secondary N) is 1. The lowest BCUT2D eigenvalue weighted by atomic mass is 10.1. The summed E-state index contributed by atoms with van der Waals surface area (Å²) in [6.07, 6.45) is 5.40. The molecule has 1 N–H and O–H groups in total. The van der Waals surface area contributed by atoms with Crippen LogP contribution >= 0.6 is 11.8 Å². The molecule has 1 rings (SSSR count). The maximum absolute atomic E-state index is 3.28. The van der Waals surface area contributed by atoms with Crippen molar-refractivity contribution in [3.8, 4) is 0 Å². The highest BCUT2D eigenvalue weighted by Gasteiger charge is 2.03. The largest absolute Gasteiger partial charge is 0.313 e. The van der Waals surface area contributed by atoms with Gasteiger partial charge in [-0.25, -0.2) is 0 Å². The van der Waals surface area contributed by atoms with Gasteiger partial charge in [-0.3, -0.25) is 0 Å². The van der Waals surface area contributed by atoms with Crippen LogP contribution in [0.2, 0.25) is 0 Å². The van der Waals surface area contributed by atoms with Gasteiger partial charge in [0.2, 0.25) is 0 Å².